The first-order valence-electron chi connectivity index (χ1n) is 5.92. The molecule has 0 aliphatic carbocycles. The van der Waals surface area contributed by atoms with Gasteiger partial charge < -0.3 is 15.4 Å². The van der Waals surface area contributed by atoms with Gasteiger partial charge in [-0.2, -0.15) is 0 Å². The van der Waals surface area contributed by atoms with Crippen molar-refractivity contribution in [3.05, 3.63) is 41.6 Å². The molecule has 1 rings (SSSR count). The highest BCUT2D eigenvalue weighted by molar-refractivity contribution is 5.74. The highest BCUT2D eigenvalue weighted by Crippen LogP contribution is 2.11. The summed E-state index contributed by atoms with van der Waals surface area (Å²) in [5.41, 5.74) is 2.22. The van der Waals surface area contributed by atoms with Crippen molar-refractivity contribution in [1.29, 1.82) is 0 Å². The van der Waals surface area contributed by atoms with Crippen LogP contribution in [0.4, 0.5) is 4.79 Å². The van der Waals surface area contributed by atoms with Gasteiger partial charge in [0.25, 0.3) is 0 Å². The zero-order chi connectivity index (χ0) is 13.4. The van der Waals surface area contributed by atoms with Gasteiger partial charge in [0.15, 0.2) is 0 Å². The van der Waals surface area contributed by atoms with E-state index in [0.717, 1.165) is 17.7 Å². The van der Waals surface area contributed by atoms with Gasteiger partial charge in [0.2, 0.25) is 0 Å². The maximum absolute atomic E-state index is 11.4. The Hall–Kier alpha value is -1.97. The Balaban J connectivity index is 2.28. The molecule has 0 spiro atoms. The van der Waals surface area contributed by atoms with Crippen molar-refractivity contribution in [2.75, 3.05) is 13.7 Å². The third kappa shape index (κ3) is 5.39. The fraction of sp³-hybridized carbons (Fsp3) is 0.357. The minimum atomic E-state index is -0.176. The van der Waals surface area contributed by atoms with Crippen molar-refractivity contribution in [3.63, 3.8) is 0 Å². The molecule has 0 aromatic heterocycles. The molecular formula is C14H20N2O2. The molecule has 4 heteroatoms. The molecule has 1 aromatic carbocycles. The second-order valence-corrected chi connectivity index (χ2v) is 4.22. The van der Waals surface area contributed by atoms with E-state index < -0.39 is 0 Å². The smallest absolute Gasteiger partial charge is 0.318 e. The summed E-state index contributed by atoms with van der Waals surface area (Å²) in [6.45, 7) is 4.46. The quantitative estimate of drug-likeness (QED) is 0.841. The molecule has 4 nitrogen and oxygen atoms in total. The number of urea groups is 1. The summed E-state index contributed by atoms with van der Waals surface area (Å²) < 4.78 is 5.08. The number of ether oxygens (including phenoxy) is 1. The van der Waals surface area contributed by atoms with E-state index in [1.165, 1.54) is 5.56 Å². The third-order valence-corrected chi connectivity index (χ3v) is 2.35. The van der Waals surface area contributed by atoms with E-state index in [0.29, 0.717) is 6.54 Å². The molecule has 0 bridgehead atoms. The van der Waals surface area contributed by atoms with E-state index in [1.807, 2.05) is 38.1 Å². The maximum atomic E-state index is 11.4. The van der Waals surface area contributed by atoms with Crippen LogP contribution in [-0.4, -0.2) is 19.7 Å². The summed E-state index contributed by atoms with van der Waals surface area (Å²) in [5.74, 6) is 0.841. The van der Waals surface area contributed by atoms with Gasteiger partial charge in [0.05, 0.1) is 7.11 Å². The highest BCUT2D eigenvalue weighted by atomic mass is 16.5. The number of methoxy groups -OCH3 is 1. The summed E-state index contributed by atoms with van der Waals surface area (Å²) >= 11 is 0. The van der Waals surface area contributed by atoms with Gasteiger partial charge in [-0.05, 0) is 38.0 Å². The molecule has 0 unspecified atom stereocenters. The van der Waals surface area contributed by atoms with Crippen LogP contribution in [0.2, 0.25) is 0 Å². The van der Waals surface area contributed by atoms with Crippen LogP contribution in [0.3, 0.4) is 0 Å². The minimum absolute atomic E-state index is 0.176. The number of rotatable bonds is 5. The van der Waals surface area contributed by atoms with Crippen LogP contribution in [0.5, 0.6) is 5.75 Å². The molecule has 0 atom stereocenters. The van der Waals surface area contributed by atoms with Gasteiger partial charge in [-0.25, -0.2) is 4.79 Å². The van der Waals surface area contributed by atoms with Crippen molar-refractivity contribution >= 4 is 6.03 Å². The van der Waals surface area contributed by atoms with Crippen molar-refractivity contribution in [1.82, 2.24) is 10.6 Å². The number of carbonyl (C=O) groups is 1. The van der Waals surface area contributed by atoms with Crippen LogP contribution < -0.4 is 15.4 Å². The number of nitrogens with one attached hydrogen (secondary N) is 2. The van der Waals surface area contributed by atoms with Crippen molar-refractivity contribution < 1.29 is 9.53 Å². The average Bonchev–Trinajstić information content (AvgIpc) is 2.37. The normalized spacial score (nSPS) is 9.50. The summed E-state index contributed by atoms with van der Waals surface area (Å²) in [4.78, 5) is 11.4. The lowest BCUT2D eigenvalue weighted by Crippen LogP contribution is -2.33. The lowest BCUT2D eigenvalue weighted by Gasteiger charge is -2.06. The predicted octanol–water partition coefficient (Wildman–Crippen LogP) is 2.46. The Kier molecular flexibility index (Phi) is 5.77. The van der Waals surface area contributed by atoms with E-state index in [4.69, 9.17) is 4.74 Å². The number of amides is 2. The van der Waals surface area contributed by atoms with Gasteiger partial charge in [0.1, 0.15) is 5.75 Å². The molecule has 2 amide bonds. The Morgan fingerprint density at radius 1 is 1.28 bits per heavy atom. The largest absolute Gasteiger partial charge is 0.497 e. The first-order chi connectivity index (χ1) is 8.61. The molecule has 98 valence electrons. The first kappa shape index (κ1) is 14.1. The van der Waals surface area contributed by atoms with Crippen molar-refractivity contribution in [3.8, 4) is 5.75 Å². The molecule has 0 saturated carbocycles. The number of carbonyl (C=O) groups excluding carboxylic acids is 1. The van der Waals surface area contributed by atoms with E-state index in [1.54, 1.807) is 13.3 Å². The average molecular weight is 248 g/mol. The van der Waals surface area contributed by atoms with E-state index >= 15 is 0 Å². The lowest BCUT2D eigenvalue weighted by molar-refractivity contribution is 0.244. The Morgan fingerprint density at radius 2 is 1.94 bits per heavy atom. The number of hydrogen-bond donors (Lipinski definition) is 2. The molecule has 0 fully saturated rings. The van der Waals surface area contributed by atoms with Gasteiger partial charge >= 0.3 is 6.03 Å². The highest BCUT2D eigenvalue weighted by Gasteiger charge is 1.98. The van der Waals surface area contributed by atoms with Gasteiger partial charge in [0, 0.05) is 12.7 Å². The molecule has 0 heterocycles. The molecular weight excluding hydrogens is 228 g/mol. The fourth-order valence-electron chi connectivity index (χ4n) is 1.37. The molecule has 1 aromatic rings. The van der Waals surface area contributed by atoms with Gasteiger partial charge in [-0.1, -0.05) is 17.7 Å². The summed E-state index contributed by atoms with van der Waals surface area (Å²) in [7, 11) is 1.64. The maximum Gasteiger partial charge on any atom is 0.318 e. The molecule has 0 saturated heterocycles. The zero-order valence-electron chi connectivity index (χ0n) is 11.1. The van der Waals surface area contributed by atoms with Crippen LogP contribution in [0.15, 0.2) is 36.0 Å². The Morgan fingerprint density at radius 3 is 2.50 bits per heavy atom. The second kappa shape index (κ2) is 7.37. The monoisotopic (exact) mass is 248 g/mol. The molecule has 0 radical (unpaired) electrons. The van der Waals surface area contributed by atoms with E-state index in [-0.39, 0.29) is 6.03 Å². The fourth-order valence-corrected chi connectivity index (χ4v) is 1.37. The van der Waals surface area contributed by atoms with Gasteiger partial charge in [-0.3, -0.25) is 0 Å². The summed E-state index contributed by atoms with van der Waals surface area (Å²) in [5, 5.41) is 5.44. The van der Waals surface area contributed by atoms with Crippen molar-refractivity contribution in [2.24, 2.45) is 0 Å². The number of hydrogen-bond acceptors (Lipinski definition) is 2. The third-order valence-electron chi connectivity index (χ3n) is 2.35. The van der Waals surface area contributed by atoms with Crippen LogP contribution >= 0.6 is 0 Å². The first-order valence-corrected chi connectivity index (χ1v) is 5.92. The van der Waals surface area contributed by atoms with E-state index in [2.05, 4.69) is 10.6 Å². The topological polar surface area (TPSA) is 50.4 Å². The van der Waals surface area contributed by atoms with Crippen LogP contribution in [0, 0.1) is 0 Å². The second-order valence-electron chi connectivity index (χ2n) is 4.22. The number of allylic oxidation sites excluding steroid dienone is 1. The molecule has 2 N–H and O–H groups in total. The summed E-state index contributed by atoms with van der Waals surface area (Å²) in [6.07, 6.45) is 2.48. The lowest BCUT2D eigenvalue weighted by atomic mass is 10.1. The Bertz CT molecular complexity index is 406. The van der Waals surface area contributed by atoms with Crippen LogP contribution in [0.1, 0.15) is 19.4 Å². The van der Waals surface area contributed by atoms with Crippen LogP contribution in [-0.2, 0) is 6.42 Å². The molecule has 0 aliphatic rings. The van der Waals surface area contributed by atoms with E-state index in [9.17, 15) is 4.79 Å². The molecule has 18 heavy (non-hydrogen) atoms. The summed E-state index contributed by atoms with van der Waals surface area (Å²) in [6, 6.07) is 7.64. The Labute approximate surface area is 108 Å². The SMILES string of the molecule is COc1ccc(CCNC(=O)NC=C(C)C)cc1. The standard InChI is InChI=1S/C14H20N2O2/c1-11(2)10-16-14(17)15-9-8-12-4-6-13(18-3)7-5-12/h4-7,10H,8-9H2,1-3H3,(H2,15,16,17). The number of benzene rings is 1. The van der Waals surface area contributed by atoms with Gasteiger partial charge in [-0.15, -0.1) is 0 Å². The van der Waals surface area contributed by atoms with Crippen LogP contribution in [0.25, 0.3) is 0 Å². The van der Waals surface area contributed by atoms with Crippen molar-refractivity contribution in [2.45, 2.75) is 20.3 Å². The molecule has 0 aliphatic heterocycles. The minimum Gasteiger partial charge on any atom is -0.497 e. The predicted molar refractivity (Wildman–Crippen MR) is 72.7 cm³/mol. The zero-order valence-corrected chi connectivity index (χ0v) is 11.1.